The smallest absolute Gasteiger partial charge is 0.334 e. The maximum Gasteiger partial charge on any atom is 0.334 e. The van der Waals surface area contributed by atoms with Crippen LogP contribution in [0.3, 0.4) is 0 Å². The molecule has 8 nitrogen and oxygen atoms in total. The molecular formula is C23H28O8. The van der Waals surface area contributed by atoms with Crippen molar-refractivity contribution in [2.45, 2.75) is 88.2 Å². The first kappa shape index (κ1) is 19.0. The van der Waals surface area contributed by atoms with Gasteiger partial charge in [-0.2, -0.15) is 0 Å². The third-order valence-corrected chi connectivity index (χ3v) is 9.56. The molecule has 0 radical (unpaired) electrons. The van der Waals surface area contributed by atoms with Crippen LogP contribution in [-0.4, -0.2) is 66.6 Å². The molecule has 2 saturated carbocycles. The Kier molecular flexibility index (Phi) is 3.29. The molecule has 0 aromatic carbocycles. The zero-order valence-electron chi connectivity index (χ0n) is 18.3. The molecule has 8 heteroatoms. The van der Waals surface area contributed by atoms with Gasteiger partial charge in [0.2, 0.25) is 0 Å². The highest BCUT2D eigenvalue weighted by molar-refractivity contribution is 5.92. The number of ether oxygens (including phenoxy) is 6. The van der Waals surface area contributed by atoms with E-state index in [-0.39, 0.29) is 60.4 Å². The van der Waals surface area contributed by atoms with Crippen molar-refractivity contribution < 1.29 is 38.0 Å². The maximum absolute atomic E-state index is 12.2. The summed E-state index contributed by atoms with van der Waals surface area (Å²) in [7, 11) is 0. The van der Waals surface area contributed by atoms with E-state index in [4.69, 9.17) is 28.4 Å². The summed E-state index contributed by atoms with van der Waals surface area (Å²) in [5.74, 6) is -0.148. The van der Waals surface area contributed by atoms with Gasteiger partial charge in [-0.15, -0.1) is 0 Å². The molecular weight excluding hydrogens is 404 g/mol. The summed E-state index contributed by atoms with van der Waals surface area (Å²) in [6.45, 7) is 8.20. The second kappa shape index (κ2) is 5.35. The van der Waals surface area contributed by atoms with Gasteiger partial charge in [-0.1, -0.05) is 20.8 Å². The topological polar surface area (TPSA) is 99.4 Å². The molecule has 0 aromatic heterocycles. The van der Waals surface area contributed by atoms with Gasteiger partial charge in [-0.3, -0.25) is 4.79 Å². The van der Waals surface area contributed by atoms with Crippen LogP contribution in [0.5, 0.6) is 0 Å². The minimum Gasteiger partial charge on any atom is -0.458 e. The van der Waals surface area contributed by atoms with Crippen molar-refractivity contribution in [3.8, 4) is 0 Å². The van der Waals surface area contributed by atoms with E-state index in [9.17, 15) is 9.59 Å². The average Bonchev–Trinajstić information content (AvgIpc) is 3.60. The molecule has 31 heavy (non-hydrogen) atoms. The molecule has 0 bridgehead atoms. The summed E-state index contributed by atoms with van der Waals surface area (Å²) in [6.07, 6.45) is 1.86. The van der Waals surface area contributed by atoms with E-state index in [0.29, 0.717) is 13.0 Å². The highest BCUT2D eigenvalue weighted by Crippen LogP contribution is 2.83. The molecule has 0 aromatic rings. The first-order valence-electron chi connectivity index (χ1n) is 11.4. The van der Waals surface area contributed by atoms with Crippen molar-refractivity contribution in [3.63, 3.8) is 0 Å². The Balaban J connectivity index is 1.31. The number of hydrogen-bond acceptors (Lipinski definition) is 8. The second-order valence-electron chi connectivity index (χ2n) is 10.8. The Labute approximate surface area is 180 Å². The van der Waals surface area contributed by atoms with E-state index in [0.717, 1.165) is 24.0 Å². The van der Waals surface area contributed by atoms with Crippen LogP contribution in [-0.2, 0) is 38.0 Å². The zero-order chi connectivity index (χ0) is 21.6. The minimum atomic E-state index is -0.609. The Bertz CT molecular complexity index is 957. The number of carbonyl (C=O) groups is 2. The lowest BCUT2D eigenvalue weighted by Gasteiger charge is -2.54. The van der Waals surface area contributed by atoms with Gasteiger partial charge < -0.3 is 28.4 Å². The summed E-state index contributed by atoms with van der Waals surface area (Å²) in [5.41, 5.74) is 0.187. The zero-order valence-corrected chi connectivity index (χ0v) is 18.3. The Morgan fingerprint density at radius 3 is 2.77 bits per heavy atom. The Morgan fingerprint density at radius 1 is 1.23 bits per heavy atom. The highest BCUT2D eigenvalue weighted by Gasteiger charge is 3.00. The first-order chi connectivity index (χ1) is 14.7. The Morgan fingerprint density at radius 2 is 2.03 bits per heavy atom. The average molecular weight is 432 g/mol. The van der Waals surface area contributed by atoms with Crippen LogP contribution in [0.1, 0.15) is 47.0 Å². The fourth-order valence-corrected chi connectivity index (χ4v) is 8.10. The number of hydrogen-bond donors (Lipinski definition) is 0. The number of rotatable bonds is 4. The number of fused-ring (bicyclic) bond motifs is 4. The van der Waals surface area contributed by atoms with E-state index in [1.807, 2.05) is 0 Å². The molecule has 7 aliphatic rings. The van der Waals surface area contributed by atoms with Gasteiger partial charge in [0, 0.05) is 17.9 Å². The largest absolute Gasteiger partial charge is 0.458 e. The van der Waals surface area contributed by atoms with Crippen molar-refractivity contribution >= 4 is 11.9 Å². The van der Waals surface area contributed by atoms with Crippen molar-refractivity contribution in [3.05, 3.63) is 11.1 Å². The molecule has 5 fully saturated rings. The van der Waals surface area contributed by atoms with Crippen LogP contribution in [0.25, 0.3) is 0 Å². The van der Waals surface area contributed by atoms with Crippen molar-refractivity contribution in [2.24, 2.45) is 17.3 Å². The van der Waals surface area contributed by atoms with E-state index in [1.54, 1.807) is 0 Å². The van der Waals surface area contributed by atoms with Crippen molar-refractivity contribution in [2.75, 3.05) is 13.4 Å². The lowest BCUT2D eigenvalue weighted by atomic mass is 9.46. The summed E-state index contributed by atoms with van der Waals surface area (Å²) in [4.78, 5) is 23.6. The van der Waals surface area contributed by atoms with Crippen molar-refractivity contribution in [1.82, 2.24) is 0 Å². The quantitative estimate of drug-likeness (QED) is 0.376. The van der Waals surface area contributed by atoms with E-state index >= 15 is 0 Å². The van der Waals surface area contributed by atoms with E-state index in [2.05, 4.69) is 20.8 Å². The third kappa shape index (κ3) is 1.84. The molecule has 0 unspecified atom stereocenters. The summed E-state index contributed by atoms with van der Waals surface area (Å²) >= 11 is 0. The van der Waals surface area contributed by atoms with Gasteiger partial charge >= 0.3 is 11.9 Å². The van der Waals surface area contributed by atoms with Crippen LogP contribution < -0.4 is 0 Å². The van der Waals surface area contributed by atoms with Gasteiger partial charge in [0.05, 0.1) is 6.10 Å². The lowest BCUT2D eigenvalue weighted by molar-refractivity contribution is -0.182. The fourth-order valence-electron chi connectivity index (χ4n) is 8.10. The molecule has 4 aliphatic heterocycles. The van der Waals surface area contributed by atoms with Gasteiger partial charge in [0.15, 0.2) is 12.4 Å². The molecule has 2 spiro atoms. The monoisotopic (exact) mass is 432 g/mol. The number of epoxide rings is 3. The number of esters is 2. The van der Waals surface area contributed by atoms with Crippen LogP contribution in [0.4, 0.5) is 0 Å². The molecule has 0 amide bonds. The molecule has 168 valence electrons. The molecule has 3 saturated heterocycles. The number of cyclic esters (lactones) is 1. The second-order valence-corrected chi connectivity index (χ2v) is 10.8. The van der Waals surface area contributed by atoms with Gasteiger partial charge in [0.1, 0.15) is 36.1 Å². The predicted octanol–water partition coefficient (Wildman–Crippen LogP) is 1.65. The molecule has 7 rings (SSSR count). The summed E-state index contributed by atoms with van der Waals surface area (Å²) < 4.78 is 36.5. The SMILES string of the molecule is CC(=O)OCO[C@@H]1[C@@]2(C(C)C)O[C@H]2[C@@H]2O[C@]23[C@]12O[C@H]2C[C@H]1C2=C(CC[C@@]13C)C(=O)OC2. The Hall–Kier alpha value is -1.48. The van der Waals surface area contributed by atoms with Crippen molar-refractivity contribution in [1.29, 1.82) is 0 Å². The van der Waals surface area contributed by atoms with Crippen LogP contribution in [0.2, 0.25) is 0 Å². The van der Waals surface area contributed by atoms with E-state index < -0.39 is 16.8 Å². The van der Waals surface area contributed by atoms with Crippen LogP contribution >= 0.6 is 0 Å². The molecule has 0 N–H and O–H groups in total. The van der Waals surface area contributed by atoms with Gasteiger partial charge in [0.25, 0.3) is 0 Å². The highest BCUT2D eigenvalue weighted by atomic mass is 16.8. The number of carbonyl (C=O) groups excluding carboxylic acids is 2. The summed E-state index contributed by atoms with van der Waals surface area (Å²) in [6, 6.07) is 0. The lowest BCUT2D eigenvalue weighted by Crippen LogP contribution is -2.69. The molecule has 4 heterocycles. The predicted molar refractivity (Wildman–Crippen MR) is 103 cm³/mol. The molecule has 9 atom stereocenters. The fraction of sp³-hybridized carbons (Fsp3) is 0.826. The summed E-state index contributed by atoms with van der Waals surface area (Å²) in [5, 5.41) is 0. The maximum atomic E-state index is 12.2. The normalized spacial score (nSPS) is 54.6. The van der Waals surface area contributed by atoms with Crippen LogP contribution in [0.15, 0.2) is 11.1 Å². The van der Waals surface area contributed by atoms with Gasteiger partial charge in [-0.05, 0) is 36.7 Å². The minimum absolute atomic E-state index is 0.0403. The van der Waals surface area contributed by atoms with Crippen LogP contribution in [0, 0.1) is 17.3 Å². The third-order valence-electron chi connectivity index (χ3n) is 9.56. The first-order valence-corrected chi connectivity index (χ1v) is 11.4. The standard InChI is InChI=1S/C23H28O8/c1-10(2)21-16(30-21)17-23(31-17)20(4)6-5-12-13(8-26-18(12)25)14(20)7-15-22(23,29-15)19(21)28-9-27-11(3)24/h10,14-17,19H,5-9H2,1-4H3/t14-,15-,16-,17-,19+,20-,21-,22+,23+/m0/s1. The molecule has 3 aliphatic carbocycles. The van der Waals surface area contributed by atoms with Gasteiger partial charge in [-0.25, -0.2) is 4.79 Å². The van der Waals surface area contributed by atoms with E-state index in [1.165, 1.54) is 6.92 Å².